The molecule has 0 atom stereocenters. The molecule has 2 N–H and O–H groups in total. The van der Waals surface area contributed by atoms with Gasteiger partial charge < -0.3 is 15.0 Å². The second-order valence-corrected chi connectivity index (χ2v) is 4.11. The first-order valence-electron chi connectivity index (χ1n) is 5.85. The highest BCUT2D eigenvalue weighted by atomic mass is 16.5. The van der Waals surface area contributed by atoms with Crippen LogP contribution in [0.15, 0.2) is 36.5 Å². The highest BCUT2D eigenvalue weighted by Crippen LogP contribution is 2.18. The molecule has 0 spiro atoms. The van der Waals surface area contributed by atoms with Gasteiger partial charge in [0.2, 0.25) is 0 Å². The van der Waals surface area contributed by atoms with Gasteiger partial charge in [-0.1, -0.05) is 12.1 Å². The third-order valence-electron chi connectivity index (χ3n) is 2.77. The Morgan fingerprint density at radius 3 is 2.78 bits per heavy atom. The largest absolute Gasteiger partial charge is 0.423 e. The van der Waals surface area contributed by atoms with Crippen molar-refractivity contribution >= 4 is 11.8 Å². The number of aromatic nitrogens is 1. The Morgan fingerprint density at radius 2 is 2.17 bits per heavy atom. The molecule has 0 aliphatic rings. The molecule has 0 amide bonds. The van der Waals surface area contributed by atoms with Gasteiger partial charge >= 0.3 is 5.97 Å². The zero-order chi connectivity index (χ0) is 13.1. The summed E-state index contributed by atoms with van der Waals surface area (Å²) in [4.78, 5) is 12.0. The number of rotatable bonds is 3. The van der Waals surface area contributed by atoms with Gasteiger partial charge in [-0.05, 0) is 37.6 Å². The fourth-order valence-electron chi connectivity index (χ4n) is 1.77. The lowest BCUT2D eigenvalue weighted by atomic mass is 10.2. The second kappa shape index (κ2) is 4.96. The summed E-state index contributed by atoms with van der Waals surface area (Å²) >= 11 is 0. The van der Waals surface area contributed by atoms with Crippen LogP contribution >= 0.6 is 0 Å². The number of benzene rings is 1. The van der Waals surface area contributed by atoms with Crippen LogP contribution in [0.25, 0.3) is 0 Å². The number of hydrogen-bond donors (Lipinski definition) is 1. The van der Waals surface area contributed by atoms with Crippen molar-refractivity contribution in [2.75, 3.05) is 5.73 Å². The minimum Gasteiger partial charge on any atom is -0.423 e. The Bertz CT molecular complexity index is 573. The Labute approximate surface area is 106 Å². The number of hydrogen-bond acceptors (Lipinski definition) is 3. The maximum atomic E-state index is 12.0. The molecule has 2 aromatic rings. The molecule has 94 valence electrons. The van der Waals surface area contributed by atoms with Gasteiger partial charge in [0.15, 0.2) is 0 Å². The van der Waals surface area contributed by atoms with Gasteiger partial charge in [-0.15, -0.1) is 0 Å². The fourth-order valence-corrected chi connectivity index (χ4v) is 1.77. The van der Waals surface area contributed by atoms with E-state index in [4.69, 9.17) is 10.5 Å². The van der Waals surface area contributed by atoms with Crippen LogP contribution < -0.4 is 10.5 Å². The lowest BCUT2D eigenvalue weighted by molar-refractivity contribution is 0.0736. The van der Waals surface area contributed by atoms with E-state index in [1.165, 1.54) is 0 Å². The number of esters is 1. The van der Waals surface area contributed by atoms with E-state index in [9.17, 15) is 4.79 Å². The lowest BCUT2D eigenvalue weighted by Gasteiger charge is -2.06. The van der Waals surface area contributed by atoms with Crippen molar-refractivity contribution in [1.82, 2.24) is 4.57 Å². The van der Waals surface area contributed by atoms with E-state index in [2.05, 4.69) is 0 Å². The van der Waals surface area contributed by atoms with Crippen LogP contribution in [0.2, 0.25) is 0 Å². The average molecular weight is 244 g/mol. The molecule has 0 aliphatic carbocycles. The third-order valence-corrected chi connectivity index (χ3v) is 2.77. The fraction of sp³-hybridized carbons (Fsp3) is 0.214. The predicted octanol–water partition coefficient (Wildman–Crippen LogP) is 2.62. The first-order chi connectivity index (χ1) is 8.61. The zero-order valence-electron chi connectivity index (χ0n) is 10.5. The van der Waals surface area contributed by atoms with Crippen molar-refractivity contribution in [2.45, 2.75) is 20.4 Å². The smallest absolute Gasteiger partial charge is 0.347 e. The predicted molar refractivity (Wildman–Crippen MR) is 70.7 cm³/mol. The zero-order valence-corrected chi connectivity index (χ0v) is 10.5. The Hall–Kier alpha value is -2.23. The number of aryl methyl sites for hydroxylation is 2. The molecule has 1 aromatic carbocycles. The van der Waals surface area contributed by atoms with Crippen molar-refractivity contribution in [3.05, 3.63) is 47.7 Å². The van der Waals surface area contributed by atoms with Gasteiger partial charge in [-0.2, -0.15) is 0 Å². The van der Waals surface area contributed by atoms with Crippen molar-refractivity contribution in [3.63, 3.8) is 0 Å². The van der Waals surface area contributed by atoms with Gasteiger partial charge in [-0.25, -0.2) is 4.79 Å². The molecular formula is C14H16N2O2. The SMILES string of the molecule is CCn1ccc(C(=O)Oc2cccc(C)c2)c1N. The molecule has 18 heavy (non-hydrogen) atoms. The molecule has 0 radical (unpaired) electrons. The number of nitrogens with two attached hydrogens (primary N) is 1. The molecule has 0 saturated heterocycles. The quantitative estimate of drug-likeness (QED) is 0.667. The summed E-state index contributed by atoms with van der Waals surface area (Å²) in [6.45, 7) is 4.63. The first-order valence-corrected chi connectivity index (χ1v) is 5.85. The van der Waals surface area contributed by atoms with E-state index < -0.39 is 5.97 Å². The first kappa shape index (κ1) is 12.2. The number of nitrogen functional groups attached to an aromatic ring is 1. The molecule has 4 heteroatoms. The summed E-state index contributed by atoms with van der Waals surface area (Å²) < 4.78 is 7.09. The second-order valence-electron chi connectivity index (χ2n) is 4.11. The van der Waals surface area contributed by atoms with E-state index in [1.54, 1.807) is 22.9 Å². The van der Waals surface area contributed by atoms with Crippen LogP contribution in [-0.2, 0) is 6.54 Å². The van der Waals surface area contributed by atoms with Crippen molar-refractivity contribution in [1.29, 1.82) is 0 Å². The van der Waals surface area contributed by atoms with Gasteiger partial charge in [0.05, 0.1) is 0 Å². The van der Waals surface area contributed by atoms with Crippen LogP contribution in [0.1, 0.15) is 22.8 Å². The molecule has 0 bridgehead atoms. The maximum Gasteiger partial charge on any atom is 0.347 e. The molecule has 2 rings (SSSR count). The average Bonchev–Trinajstić information content (AvgIpc) is 2.70. The third kappa shape index (κ3) is 2.37. The maximum absolute atomic E-state index is 12.0. The van der Waals surface area contributed by atoms with E-state index in [0.29, 0.717) is 17.1 Å². The molecule has 1 aromatic heterocycles. The number of carbonyl (C=O) groups excluding carboxylic acids is 1. The summed E-state index contributed by atoms with van der Waals surface area (Å²) in [5.41, 5.74) is 7.30. The van der Waals surface area contributed by atoms with Gasteiger partial charge in [0.25, 0.3) is 0 Å². The minimum atomic E-state index is -0.426. The Morgan fingerprint density at radius 1 is 1.39 bits per heavy atom. The van der Waals surface area contributed by atoms with Gasteiger partial charge in [0.1, 0.15) is 17.1 Å². The molecule has 4 nitrogen and oxygen atoms in total. The molecular weight excluding hydrogens is 228 g/mol. The number of anilines is 1. The number of nitrogens with zero attached hydrogens (tertiary/aromatic N) is 1. The monoisotopic (exact) mass is 244 g/mol. The van der Waals surface area contributed by atoms with E-state index in [0.717, 1.165) is 12.1 Å². The molecule has 0 saturated carbocycles. The standard InChI is InChI=1S/C14H16N2O2/c1-3-16-8-7-12(13(16)15)14(17)18-11-6-4-5-10(2)9-11/h4-9H,3,15H2,1-2H3. The van der Waals surface area contributed by atoms with Crippen molar-refractivity contribution < 1.29 is 9.53 Å². The van der Waals surface area contributed by atoms with Crippen LogP contribution in [-0.4, -0.2) is 10.5 Å². The summed E-state index contributed by atoms with van der Waals surface area (Å²) in [5.74, 6) is 0.545. The minimum absolute atomic E-state index is 0.401. The molecule has 0 aliphatic heterocycles. The van der Waals surface area contributed by atoms with E-state index in [-0.39, 0.29) is 0 Å². The van der Waals surface area contributed by atoms with Gasteiger partial charge in [0, 0.05) is 12.7 Å². The van der Waals surface area contributed by atoms with Crippen LogP contribution in [0.3, 0.4) is 0 Å². The molecule has 0 fully saturated rings. The highest BCUT2D eigenvalue weighted by Gasteiger charge is 2.15. The van der Waals surface area contributed by atoms with Crippen LogP contribution in [0, 0.1) is 6.92 Å². The Balaban J connectivity index is 2.19. The van der Waals surface area contributed by atoms with Crippen molar-refractivity contribution in [3.8, 4) is 5.75 Å². The molecule has 1 heterocycles. The topological polar surface area (TPSA) is 57.2 Å². The van der Waals surface area contributed by atoms with Crippen LogP contribution in [0.5, 0.6) is 5.75 Å². The number of carbonyl (C=O) groups is 1. The van der Waals surface area contributed by atoms with E-state index in [1.807, 2.05) is 32.0 Å². The summed E-state index contributed by atoms with van der Waals surface area (Å²) in [6.07, 6.45) is 1.78. The lowest BCUT2D eigenvalue weighted by Crippen LogP contribution is -2.11. The highest BCUT2D eigenvalue weighted by molar-refractivity contribution is 5.95. The number of ether oxygens (including phenoxy) is 1. The van der Waals surface area contributed by atoms with Gasteiger partial charge in [-0.3, -0.25) is 0 Å². The Kier molecular flexibility index (Phi) is 3.37. The summed E-state index contributed by atoms with van der Waals surface area (Å²) in [6, 6.07) is 9.03. The normalized spacial score (nSPS) is 10.3. The van der Waals surface area contributed by atoms with Crippen molar-refractivity contribution in [2.24, 2.45) is 0 Å². The summed E-state index contributed by atoms with van der Waals surface area (Å²) in [5, 5.41) is 0. The molecule has 0 unspecified atom stereocenters. The summed E-state index contributed by atoms with van der Waals surface area (Å²) in [7, 11) is 0. The van der Waals surface area contributed by atoms with E-state index >= 15 is 0 Å². The van der Waals surface area contributed by atoms with Crippen LogP contribution in [0.4, 0.5) is 5.82 Å².